The van der Waals surface area contributed by atoms with Gasteiger partial charge in [0.05, 0.1) is 18.3 Å². The van der Waals surface area contributed by atoms with Gasteiger partial charge in [-0.15, -0.1) is 5.10 Å². The van der Waals surface area contributed by atoms with Crippen molar-refractivity contribution in [3.8, 4) is 11.3 Å². The summed E-state index contributed by atoms with van der Waals surface area (Å²) >= 11 is 0. The molecule has 140 valence electrons. The lowest BCUT2D eigenvalue weighted by molar-refractivity contribution is 0.0918. The SMILES string of the molecule is Nc1nn2cc(-c3ccncn3)cnc2c1C(=O)N[C@H](CO)c1ccccc1. The average Bonchev–Trinajstić information content (AvgIpc) is 3.08. The zero-order valence-electron chi connectivity index (χ0n) is 14.7. The number of aliphatic hydroxyl groups excluding tert-OH is 1. The topological polar surface area (TPSA) is 131 Å². The first-order valence-corrected chi connectivity index (χ1v) is 8.54. The molecule has 1 amide bonds. The lowest BCUT2D eigenvalue weighted by atomic mass is 10.1. The largest absolute Gasteiger partial charge is 0.394 e. The number of aromatic nitrogens is 5. The number of carbonyl (C=O) groups excluding carboxylic acids is 1. The zero-order chi connectivity index (χ0) is 19.5. The third-order valence-electron chi connectivity index (χ3n) is 4.29. The number of benzene rings is 1. The van der Waals surface area contributed by atoms with Crippen LogP contribution in [0.3, 0.4) is 0 Å². The summed E-state index contributed by atoms with van der Waals surface area (Å²) in [5.74, 6) is -0.410. The van der Waals surface area contributed by atoms with Gasteiger partial charge in [0.1, 0.15) is 11.9 Å². The lowest BCUT2D eigenvalue weighted by Crippen LogP contribution is -2.31. The number of nitrogens with one attached hydrogen (secondary N) is 1. The molecule has 0 aliphatic carbocycles. The standard InChI is InChI=1S/C19H17N7O2/c20-17-16(19(28)24-15(10-27)12-4-2-1-3-5-12)18-22-8-13(9-26(18)25-17)14-6-7-21-11-23-14/h1-9,11,15,27H,10H2,(H2,20,25)(H,24,28)/t15-/m1/s1. The molecule has 3 heterocycles. The number of nitrogens with zero attached hydrogens (tertiary/aromatic N) is 5. The van der Waals surface area contributed by atoms with Crippen molar-refractivity contribution >= 4 is 17.4 Å². The van der Waals surface area contributed by atoms with Gasteiger partial charge in [0, 0.05) is 24.2 Å². The van der Waals surface area contributed by atoms with E-state index in [9.17, 15) is 9.90 Å². The summed E-state index contributed by atoms with van der Waals surface area (Å²) in [7, 11) is 0. The molecule has 0 saturated carbocycles. The van der Waals surface area contributed by atoms with Gasteiger partial charge in [0.15, 0.2) is 11.5 Å². The molecule has 28 heavy (non-hydrogen) atoms. The van der Waals surface area contributed by atoms with Crippen LogP contribution < -0.4 is 11.1 Å². The summed E-state index contributed by atoms with van der Waals surface area (Å²) in [6, 6.07) is 10.4. The van der Waals surface area contributed by atoms with E-state index in [2.05, 4.69) is 25.4 Å². The van der Waals surface area contributed by atoms with Crippen LogP contribution in [0.2, 0.25) is 0 Å². The molecule has 1 aromatic carbocycles. The number of hydrogen-bond donors (Lipinski definition) is 3. The Morgan fingerprint density at radius 2 is 2.04 bits per heavy atom. The molecule has 4 N–H and O–H groups in total. The van der Waals surface area contributed by atoms with Crippen LogP contribution in [0.1, 0.15) is 22.0 Å². The Bertz CT molecular complexity index is 1110. The van der Waals surface area contributed by atoms with Crippen molar-refractivity contribution in [1.29, 1.82) is 0 Å². The van der Waals surface area contributed by atoms with Crippen LogP contribution in [0.5, 0.6) is 0 Å². The summed E-state index contributed by atoms with van der Waals surface area (Å²) in [6.45, 7) is -0.250. The number of fused-ring (bicyclic) bond motifs is 1. The molecule has 9 heteroatoms. The molecule has 9 nitrogen and oxygen atoms in total. The predicted molar refractivity (Wildman–Crippen MR) is 102 cm³/mol. The normalized spacial score (nSPS) is 12.0. The molecule has 4 aromatic rings. The number of carbonyl (C=O) groups is 1. The van der Waals surface area contributed by atoms with Gasteiger partial charge in [-0.2, -0.15) is 0 Å². The van der Waals surface area contributed by atoms with E-state index in [-0.39, 0.29) is 18.0 Å². The van der Waals surface area contributed by atoms with E-state index in [1.165, 1.54) is 10.8 Å². The van der Waals surface area contributed by atoms with Gasteiger partial charge in [-0.05, 0) is 11.6 Å². The molecule has 0 bridgehead atoms. The Hall–Kier alpha value is -3.85. The van der Waals surface area contributed by atoms with Crippen molar-refractivity contribution < 1.29 is 9.90 Å². The fourth-order valence-corrected chi connectivity index (χ4v) is 2.91. The van der Waals surface area contributed by atoms with Crippen LogP contribution in [0, 0.1) is 0 Å². The number of aliphatic hydroxyl groups is 1. The molecule has 1 atom stereocenters. The molecule has 0 radical (unpaired) electrons. The Labute approximate surface area is 159 Å². The first-order valence-electron chi connectivity index (χ1n) is 8.54. The van der Waals surface area contributed by atoms with E-state index in [4.69, 9.17) is 5.73 Å². The van der Waals surface area contributed by atoms with Gasteiger partial charge < -0.3 is 16.2 Å². The predicted octanol–water partition coefficient (Wildman–Crippen LogP) is 1.23. The van der Waals surface area contributed by atoms with Crippen molar-refractivity contribution in [2.45, 2.75) is 6.04 Å². The van der Waals surface area contributed by atoms with Crippen molar-refractivity contribution in [2.24, 2.45) is 0 Å². The molecule has 0 aliphatic rings. The quantitative estimate of drug-likeness (QED) is 0.478. The van der Waals surface area contributed by atoms with Crippen LogP contribution in [0.4, 0.5) is 5.82 Å². The highest BCUT2D eigenvalue weighted by Crippen LogP contribution is 2.21. The number of rotatable bonds is 5. The van der Waals surface area contributed by atoms with Gasteiger partial charge in [0.25, 0.3) is 5.91 Å². The summed E-state index contributed by atoms with van der Waals surface area (Å²) in [5, 5.41) is 16.6. The maximum atomic E-state index is 12.8. The van der Waals surface area contributed by atoms with Gasteiger partial charge in [0.2, 0.25) is 0 Å². The molecule has 0 unspecified atom stereocenters. The van der Waals surface area contributed by atoms with E-state index in [0.29, 0.717) is 16.9 Å². The van der Waals surface area contributed by atoms with E-state index >= 15 is 0 Å². The third kappa shape index (κ3) is 3.26. The lowest BCUT2D eigenvalue weighted by Gasteiger charge is -2.16. The fourth-order valence-electron chi connectivity index (χ4n) is 2.91. The summed E-state index contributed by atoms with van der Waals surface area (Å²) in [6.07, 6.45) is 6.35. The minimum Gasteiger partial charge on any atom is -0.394 e. The number of anilines is 1. The van der Waals surface area contributed by atoms with Gasteiger partial charge in [-0.25, -0.2) is 19.5 Å². The monoisotopic (exact) mass is 375 g/mol. The maximum absolute atomic E-state index is 12.8. The fraction of sp³-hybridized carbons (Fsp3) is 0.105. The summed E-state index contributed by atoms with van der Waals surface area (Å²) in [5.41, 5.74) is 8.62. The van der Waals surface area contributed by atoms with Crippen LogP contribution in [0.15, 0.2) is 61.3 Å². The van der Waals surface area contributed by atoms with Gasteiger partial charge in [-0.1, -0.05) is 30.3 Å². The van der Waals surface area contributed by atoms with E-state index in [1.54, 1.807) is 24.7 Å². The molecular formula is C19H17N7O2. The van der Waals surface area contributed by atoms with E-state index in [1.807, 2.05) is 30.3 Å². The first-order chi connectivity index (χ1) is 13.7. The second-order valence-electron chi connectivity index (χ2n) is 6.08. The van der Waals surface area contributed by atoms with Crippen molar-refractivity contribution in [1.82, 2.24) is 29.9 Å². The zero-order valence-corrected chi connectivity index (χ0v) is 14.7. The second-order valence-corrected chi connectivity index (χ2v) is 6.08. The molecule has 0 saturated heterocycles. The summed E-state index contributed by atoms with van der Waals surface area (Å²) in [4.78, 5) is 25.2. The number of hydrogen-bond acceptors (Lipinski definition) is 7. The Balaban J connectivity index is 1.66. The Kier molecular flexibility index (Phi) is 4.65. The maximum Gasteiger partial charge on any atom is 0.259 e. The minimum atomic E-state index is -0.566. The van der Waals surface area contributed by atoms with Crippen LogP contribution in [0.25, 0.3) is 16.9 Å². The van der Waals surface area contributed by atoms with Crippen LogP contribution >= 0.6 is 0 Å². The minimum absolute atomic E-state index is 0.0505. The van der Waals surface area contributed by atoms with E-state index < -0.39 is 11.9 Å². The molecular weight excluding hydrogens is 358 g/mol. The molecule has 4 rings (SSSR count). The Morgan fingerprint density at radius 1 is 1.21 bits per heavy atom. The molecule has 0 spiro atoms. The van der Waals surface area contributed by atoms with Crippen LogP contribution in [-0.2, 0) is 0 Å². The first kappa shape index (κ1) is 17.6. The highest BCUT2D eigenvalue weighted by molar-refractivity contribution is 6.04. The highest BCUT2D eigenvalue weighted by Gasteiger charge is 2.22. The smallest absolute Gasteiger partial charge is 0.259 e. The number of nitrogen functional groups attached to an aromatic ring is 1. The molecule has 3 aromatic heterocycles. The van der Waals surface area contributed by atoms with Crippen molar-refractivity contribution in [3.63, 3.8) is 0 Å². The summed E-state index contributed by atoms with van der Waals surface area (Å²) < 4.78 is 1.44. The second kappa shape index (κ2) is 7.41. The average molecular weight is 375 g/mol. The molecule has 0 aliphatic heterocycles. The van der Waals surface area contributed by atoms with Crippen molar-refractivity contribution in [3.05, 3.63) is 72.4 Å². The number of amides is 1. The van der Waals surface area contributed by atoms with Gasteiger partial charge in [-0.3, -0.25) is 4.79 Å². The van der Waals surface area contributed by atoms with Crippen molar-refractivity contribution in [2.75, 3.05) is 12.3 Å². The van der Waals surface area contributed by atoms with E-state index in [0.717, 1.165) is 5.56 Å². The number of nitrogens with two attached hydrogens (primary N) is 1. The Morgan fingerprint density at radius 3 is 2.75 bits per heavy atom. The third-order valence-corrected chi connectivity index (χ3v) is 4.29. The van der Waals surface area contributed by atoms with Crippen LogP contribution in [-0.4, -0.2) is 42.2 Å². The highest BCUT2D eigenvalue weighted by atomic mass is 16.3. The van der Waals surface area contributed by atoms with Gasteiger partial charge >= 0.3 is 0 Å². The molecule has 0 fully saturated rings.